The van der Waals surface area contributed by atoms with Gasteiger partial charge in [-0.1, -0.05) is 6.07 Å². The van der Waals surface area contributed by atoms with E-state index in [-0.39, 0.29) is 18.3 Å². The highest BCUT2D eigenvalue weighted by atomic mass is 19.1. The van der Waals surface area contributed by atoms with E-state index in [1.807, 2.05) is 0 Å². The van der Waals surface area contributed by atoms with E-state index in [0.29, 0.717) is 5.69 Å². The number of carbonyl (C=O) groups is 1. The first-order chi connectivity index (χ1) is 7.60. The minimum Gasteiger partial charge on any atom is -0.370 e. The van der Waals surface area contributed by atoms with Crippen LogP contribution in [-0.4, -0.2) is 32.7 Å². The fourth-order valence-corrected chi connectivity index (χ4v) is 1.33. The number of methoxy groups -OCH3 is 1. The molecule has 0 saturated carbocycles. The molecule has 1 unspecified atom stereocenters. The van der Waals surface area contributed by atoms with Crippen LogP contribution in [-0.2, 0) is 9.53 Å². The lowest BCUT2D eigenvalue weighted by molar-refractivity contribution is -0.127. The summed E-state index contributed by atoms with van der Waals surface area (Å²) in [7, 11) is 2.97. The van der Waals surface area contributed by atoms with Crippen LogP contribution in [0.3, 0.4) is 0 Å². The van der Waals surface area contributed by atoms with E-state index in [0.717, 1.165) is 0 Å². The minimum absolute atomic E-state index is 0.0923. The second-order valence-electron chi connectivity index (χ2n) is 3.34. The van der Waals surface area contributed by atoms with Gasteiger partial charge in [-0.25, -0.2) is 4.39 Å². The number of rotatable bonds is 4. The van der Waals surface area contributed by atoms with Crippen LogP contribution in [0.5, 0.6) is 0 Å². The number of hydrogen-bond donors (Lipinski definition) is 1. The van der Waals surface area contributed by atoms with Crippen molar-refractivity contribution in [2.45, 2.75) is 6.10 Å². The van der Waals surface area contributed by atoms with Gasteiger partial charge in [0.2, 0.25) is 0 Å². The van der Waals surface area contributed by atoms with Gasteiger partial charge in [-0.2, -0.15) is 0 Å². The van der Waals surface area contributed by atoms with E-state index in [4.69, 9.17) is 10.5 Å². The molecule has 0 fully saturated rings. The summed E-state index contributed by atoms with van der Waals surface area (Å²) in [6.45, 7) is 0.0923. The minimum atomic E-state index is -0.701. The summed E-state index contributed by atoms with van der Waals surface area (Å²) in [6.07, 6.45) is -0.701. The van der Waals surface area contributed by atoms with E-state index >= 15 is 0 Å². The van der Waals surface area contributed by atoms with E-state index < -0.39 is 6.10 Å². The number of benzene rings is 1. The molecule has 0 saturated heterocycles. The number of carbonyl (C=O) groups excluding carboxylic acids is 1. The van der Waals surface area contributed by atoms with Crippen molar-refractivity contribution in [2.24, 2.45) is 5.73 Å². The molecule has 1 rings (SSSR count). The molecule has 2 N–H and O–H groups in total. The largest absolute Gasteiger partial charge is 0.370 e. The molecule has 16 heavy (non-hydrogen) atoms. The Bertz CT molecular complexity index is 367. The highest BCUT2D eigenvalue weighted by Crippen LogP contribution is 2.15. The fourth-order valence-electron chi connectivity index (χ4n) is 1.33. The maximum Gasteiger partial charge on any atom is 0.257 e. The Balaban J connectivity index is 2.85. The predicted molar refractivity (Wildman–Crippen MR) is 59.7 cm³/mol. The fraction of sp³-hybridized carbons (Fsp3) is 0.364. The van der Waals surface area contributed by atoms with Gasteiger partial charge in [0, 0.05) is 26.4 Å². The van der Waals surface area contributed by atoms with E-state index in [2.05, 4.69) is 0 Å². The van der Waals surface area contributed by atoms with E-state index in [1.165, 1.54) is 24.1 Å². The summed E-state index contributed by atoms with van der Waals surface area (Å²) in [6, 6.07) is 5.78. The van der Waals surface area contributed by atoms with Crippen LogP contribution in [0.15, 0.2) is 24.3 Å². The Morgan fingerprint density at radius 1 is 1.62 bits per heavy atom. The van der Waals surface area contributed by atoms with Crippen LogP contribution >= 0.6 is 0 Å². The van der Waals surface area contributed by atoms with Crippen molar-refractivity contribution in [2.75, 3.05) is 25.6 Å². The molecule has 1 atom stereocenters. The lowest BCUT2D eigenvalue weighted by Gasteiger charge is -2.22. The Hall–Kier alpha value is -1.46. The summed E-state index contributed by atoms with van der Waals surface area (Å²) < 4.78 is 17.9. The molecule has 1 aromatic rings. The van der Waals surface area contributed by atoms with Gasteiger partial charge < -0.3 is 15.4 Å². The maximum absolute atomic E-state index is 13.0. The van der Waals surface area contributed by atoms with Crippen molar-refractivity contribution >= 4 is 11.6 Å². The molecule has 0 bridgehead atoms. The zero-order chi connectivity index (χ0) is 12.1. The monoisotopic (exact) mass is 226 g/mol. The number of amides is 1. The second-order valence-corrected chi connectivity index (χ2v) is 3.34. The number of hydrogen-bond acceptors (Lipinski definition) is 3. The molecule has 0 heterocycles. The lowest BCUT2D eigenvalue weighted by Crippen LogP contribution is -2.41. The zero-order valence-corrected chi connectivity index (χ0v) is 9.31. The van der Waals surface area contributed by atoms with Crippen molar-refractivity contribution in [1.29, 1.82) is 0 Å². The molecular formula is C11H15FN2O2. The van der Waals surface area contributed by atoms with Crippen LogP contribution in [0.1, 0.15) is 0 Å². The van der Waals surface area contributed by atoms with Crippen LogP contribution in [0.2, 0.25) is 0 Å². The zero-order valence-electron chi connectivity index (χ0n) is 9.31. The quantitative estimate of drug-likeness (QED) is 0.824. The summed E-state index contributed by atoms with van der Waals surface area (Å²) >= 11 is 0. The molecule has 4 nitrogen and oxygen atoms in total. The van der Waals surface area contributed by atoms with Crippen LogP contribution in [0.4, 0.5) is 10.1 Å². The molecular weight excluding hydrogens is 211 g/mol. The Morgan fingerprint density at radius 3 is 2.81 bits per heavy atom. The average Bonchev–Trinajstić information content (AvgIpc) is 2.29. The van der Waals surface area contributed by atoms with Gasteiger partial charge in [-0.15, -0.1) is 0 Å². The standard InChI is InChI=1S/C11H15FN2O2/c1-14(11(15)10(7-13)16-2)9-5-3-4-8(12)6-9/h3-6,10H,7,13H2,1-2H3. The van der Waals surface area contributed by atoms with Gasteiger partial charge in [0.15, 0.2) is 0 Å². The smallest absolute Gasteiger partial charge is 0.257 e. The average molecular weight is 226 g/mol. The third kappa shape index (κ3) is 2.77. The highest BCUT2D eigenvalue weighted by molar-refractivity contribution is 5.96. The van der Waals surface area contributed by atoms with Gasteiger partial charge in [-0.05, 0) is 18.2 Å². The van der Waals surface area contributed by atoms with Crippen molar-refractivity contribution in [3.8, 4) is 0 Å². The third-order valence-electron chi connectivity index (χ3n) is 2.30. The summed E-state index contributed by atoms with van der Waals surface area (Å²) in [5, 5.41) is 0. The number of nitrogens with two attached hydrogens (primary N) is 1. The molecule has 0 aliphatic carbocycles. The summed E-state index contributed by atoms with van der Waals surface area (Å²) in [4.78, 5) is 13.1. The van der Waals surface area contributed by atoms with Gasteiger partial charge in [0.05, 0.1) is 0 Å². The number of nitrogens with zero attached hydrogens (tertiary/aromatic N) is 1. The molecule has 1 amide bonds. The Labute approximate surface area is 93.8 Å². The molecule has 0 spiro atoms. The first-order valence-corrected chi connectivity index (χ1v) is 4.86. The van der Waals surface area contributed by atoms with Crippen molar-refractivity contribution in [3.05, 3.63) is 30.1 Å². The van der Waals surface area contributed by atoms with Gasteiger partial charge in [0.25, 0.3) is 5.91 Å². The molecule has 1 aromatic carbocycles. The van der Waals surface area contributed by atoms with Crippen LogP contribution in [0, 0.1) is 5.82 Å². The molecule has 5 heteroatoms. The van der Waals surface area contributed by atoms with Crippen molar-refractivity contribution in [3.63, 3.8) is 0 Å². The summed E-state index contributed by atoms with van der Waals surface area (Å²) in [5.74, 6) is -0.686. The van der Waals surface area contributed by atoms with Crippen LogP contribution < -0.4 is 10.6 Å². The number of ether oxygens (including phenoxy) is 1. The van der Waals surface area contributed by atoms with Gasteiger partial charge in [0.1, 0.15) is 11.9 Å². The predicted octanol–water partition coefficient (Wildman–Crippen LogP) is 0.762. The van der Waals surface area contributed by atoms with Gasteiger partial charge in [-0.3, -0.25) is 4.79 Å². The first-order valence-electron chi connectivity index (χ1n) is 4.86. The maximum atomic E-state index is 13.0. The van der Waals surface area contributed by atoms with Gasteiger partial charge >= 0.3 is 0 Å². The molecule has 88 valence electrons. The number of halogens is 1. The lowest BCUT2D eigenvalue weighted by atomic mass is 10.2. The highest BCUT2D eigenvalue weighted by Gasteiger charge is 2.21. The third-order valence-corrected chi connectivity index (χ3v) is 2.30. The Kier molecular flexibility index (Phi) is 4.39. The first kappa shape index (κ1) is 12.6. The number of likely N-dealkylation sites (N-methyl/N-ethyl adjacent to an activating group) is 1. The summed E-state index contributed by atoms with van der Waals surface area (Å²) in [5.41, 5.74) is 5.86. The molecule has 0 aliphatic heterocycles. The molecule has 0 aromatic heterocycles. The van der Waals surface area contributed by atoms with Crippen LogP contribution in [0.25, 0.3) is 0 Å². The van der Waals surface area contributed by atoms with Crippen molar-refractivity contribution in [1.82, 2.24) is 0 Å². The molecule has 0 radical (unpaired) electrons. The van der Waals surface area contributed by atoms with E-state index in [9.17, 15) is 9.18 Å². The normalized spacial score (nSPS) is 12.2. The topological polar surface area (TPSA) is 55.6 Å². The number of anilines is 1. The SMILES string of the molecule is COC(CN)C(=O)N(C)c1cccc(F)c1. The van der Waals surface area contributed by atoms with E-state index in [1.54, 1.807) is 19.2 Å². The molecule has 0 aliphatic rings. The Morgan fingerprint density at radius 2 is 2.31 bits per heavy atom. The second kappa shape index (κ2) is 5.58. The van der Waals surface area contributed by atoms with Crippen molar-refractivity contribution < 1.29 is 13.9 Å².